The molecule has 3 heterocycles. The van der Waals surface area contributed by atoms with E-state index in [0.29, 0.717) is 22.2 Å². The zero-order chi connectivity index (χ0) is 14.7. The summed E-state index contributed by atoms with van der Waals surface area (Å²) in [5.74, 6) is 0.835. The number of nitrogens with zero attached hydrogens (tertiary/aromatic N) is 6. The summed E-state index contributed by atoms with van der Waals surface area (Å²) in [5.41, 5.74) is -0.231. The molecule has 10 heteroatoms. The summed E-state index contributed by atoms with van der Waals surface area (Å²) >= 11 is 1.14. The Morgan fingerprint density at radius 3 is 2.90 bits per heavy atom. The van der Waals surface area contributed by atoms with Gasteiger partial charge in [-0.15, -0.1) is 0 Å². The molecule has 3 rings (SSSR count). The summed E-state index contributed by atoms with van der Waals surface area (Å²) in [6.07, 6.45) is 6.38. The molecule has 0 saturated heterocycles. The molecule has 0 bridgehead atoms. The quantitative estimate of drug-likeness (QED) is 0.663. The van der Waals surface area contributed by atoms with Crippen LogP contribution in [0.5, 0.6) is 0 Å². The van der Waals surface area contributed by atoms with Crippen LogP contribution in [0.1, 0.15) is 0 Å². The Labute approximate surface area is 122 Å². The van der Waals surface area contributed by atoms with E-state index in [1.165, 1.54) is 12.3 Å². The minimum Gasteiger partial charge on any atom is -0.357 e. The number of hydrogen-bond donors (Lipinski definition) is 2. The Hall–Kier alpha value is -2.75. The highest BCUT2D eigenvalue weighted by Gasteiger charge is 2.09. The summed E-state index contributed by atoms with van der Waals surface area (Å²) in [6.45, 7) is 0. The molecular formula is C11H10N8OS. The highest BCUT2D eigenvalue weighted by Crippen LogP contribution is 2.21. The molecule has 3 aromatic heterocycles. The zero-order valence-corrected chi connectivity index (χ0v) is 11.7. The highest BCUT2D eigenvalue weighted by atomic mass is 32.2. The van der Waals surface area contributed by atoms with Crippen LogP contribution in [0.4, 0.5) is 5.95 Å². The fourth-order valence-corrected chi connectivity index (χ4v) is 2.18. The topological polar surface area (TPSA) is 114 Å². The van der Waals surface area contributed by atoms with Crippen LogP contribution < -0.4 is 10.9 Å². The van der Waals surface area contributed by atoms with Gasteiger partial charge in [-0.3, -0.25) is 9.36 Å². The molecule has 106 valence electrons. The smallest absolute Gasteiger partial charge is 0.251 e. The molecule has 0 aliphatic rings. The van der Waals surface area contributed by atoms with E-state index in [0.717, 1.165) is 11.8 Å². The summed E-state index contributed by atoms with van der Waals surface area (Å²) in [5, 5.41) is 3.68. The van der Waals surface area contributed by atoms with Crippen LogP contribution in [0.15, 0.2) is 46.1 Å². The van der Waals surface area contributed by atoms with Crippen LogP contribution in [-0.4, -0.2) is 41.5 Å². The largest absolute Gasteiger partial charge is 0.357 e. The van der Waals surface area contributed by atoms with Crippen molar-refractivity contribution in [3.63, 3.8) is 0 Å². The van der Waals surface area contributed by atoms with Gasteiger partial charge in [0.1, 0.15) is 6.33 Å². The number of aromatic amines is 1. The molecule has 2 N–H and O–H groups in total. The van der Waals surface area contributed by atoms with Crippen LogP contribution >= 0.6 is 11.8 Å². The van der Waals surface area contributed by atoms with Crippen LogP contribution in [0.2, 0.25) is 0 Å². The maximum Gasteiger partial charge on any atom is 0.251 e. The number of nitrogens with one attached hydrogen (secondary N) is 2. The minimum atomic E-state index is -0.231. The Bertz CT molecular complexity index is 800. The van der Waals surface area contributed by atoms with E-state index >= 15 is 0 Å². The number of rotatable bonds is 4. The molecule has 0 aliphatic heterocycles. The van der Waals surface area contributed by atoms with Crippen LogP contribution in [0, 0.1) is 0 Å². The van der Waals surface area contributed by atoms with E-state index in [1.54, 1.807) is 30.3 Å². The molecule has 0 radical (unpaired) electrons. The Morgan fingerprint density at radius 1 is 1.29 bits per heavy atom. The number of imidazole rings is 1. The molecule has 0 unspecified atom stereocenters. The highest BCUT2D eigenvalue weighted by molar-refractivity contribution is 7.99. The molecule has 9 nitrogen and oxygen atoms in total. The third kappa shape index (κ3) is 3.05. The van der Waals surface area contributed by atoms with E-state index in [2.05, 4.69) is 35.2 Å². The van der Waals surface area contributed by atoms with Gasteiger partial charge in [0.05, 0.1) is 0 Å². The van der Waals surface area contributed by atoms with Gasteiger partial charge in [0, 0.05) is 31.7 Å². The lowest BCUT2D eigenvalue weighted by molar-refractivity contribution is 0.822. The van der Waals surface area contributed by atoms with Crippen molar-refractivity contribution in [2.75, 3.05) is 12.4 Å². The van der Waals surface area contributed by atoms with Gasteiger partial charge >= 0.3 is 0 Å². The van der Waals surface area contributed by atoms with Gasteiger partial charge in [-0.2, -0.15) is 15.0 Å². The van der Waals surface area contributed by atoms with Crippen molar-refractivity contribution < 1.29 is 0 Å². The van der Waals surface area contributed by atoms with E-state index in [4.69, 9.17) is 0 Å². The molecule has 0 spiro atoms. The number of anilines is 1. The molecule has 0 atom stereocenters. The Morgan fingerprint density at radius 2 is 2.19 bits per heavy atom. The molecule has 0 aromatic carbocycles. The van der Waals surface area contributed by atoms with Gasteiger partial charge in [-0.1, -0.05) is 0 Å². The predicted molar refractivity (Wildman–Crippen MR) is 75.5 cm³/mol. The lowest BCUT2D eigenvalue weighted by atomic mass is 10.7. The van der Waals surface area contributed by atoms with E-state index < -0.39 is 0 Å². The standard InChI is InChI=1S/C11H10N8OS/c1-12-8-16-9(19-5-4-13-6-19)18-11(17-8)21-10-14-3-2-7(20)15-10/h2-6H,1H3,(H,14,15,20)(H,12,16,17,18). The minimum absolute atomic E-state index is 0.231. The third-order valence-electron chi connectivity index (χ3n) is 2.40. The Kier molecular flexibility index (Phi) is 3.60. The second-order valence-corrected chi connectivity index (χ2v) is 4.76. The molecule has 0 amide bonds. The Balaban J connectivity index is 1.98. The number of hydrogen-bond acceptors (Lipinski definition) is 8. The lowest BCUT2D eigenvalue weighted by Crippen LogP contribution is -2.08. The van der Waals surface area contributed by atoms with Crippen LogP contribution in [0.25, 0.3) is 5.95 Å². The first kappa shape index (κ1) is 13.2. The van der Waals surface area contributed by atoms with Crippen LogP contribution in [0.3, 0.4) is 0 Å². The fraction of sp³-hybridized carbons (Fsp3) is 0.0909. The summed E-state index contributed by atoms with van der Waals surface area (Å²) in [4.78, 5) is 34.6. The van der Waals surface area contributed by atoms with Gasteiger partial charge in [0.25, 0.3) is 5.56 Å². The predicted octanol–water partition coefficient (Wildman–Crippen LogP) is 0.334. The normalized spacial score (nSPS) is 10.5. The van der Waals surface area contributed by atoms with Gasteiger partial charge in [0.2, 0.25) is 17.1 Å². The SMILES string of the molecule is CNc1nc(Sc2nccc(=O)[nH]2)nc(-n2ccnc2)n1. The average Bonchev–Trinajstić information content (AvgIpc) is 3.01. The maximum absolute atomic E-state index is 11.3. The van der Waals surface area contributed by atoms with Crippen molar-refractivity contribution in [1.29, 1.82) is 0 Å². The van der Waals surface area contributed by atoms with Crippen molar-refractivity contribution in [2.24, 2.45) is 0 Å². The number of H-pyrrole nitrogens is 1. The first-order valence-corrected chi connectivity index (χ1v) is 6.71. The summed E-state index contributed by atoms with van der Waals surface area (Å²) < 4.78 is 1.66. The molecule has 21 heavy (non-hydrogen) atoms. The first-order valence-electron chi connectivity index (χ1n) is 5.90. The van der Waals surface area contributed by atoms with Crippen molar-refractivity contribution in [3.05, 3.63) is 41.3 Å². The second-order valence-electron chi connectivity index (χ2n) is 3.80. The third-order valence-corrected chi connectivity index (χ3v) is 3.16. The van der Waals surface area contributed by atoms with Gasteiger partial charge in [-0.05, 0) is 11.8 Å². The van der Waals surface area contributed by atoms with Crippen molar-refractivity contribution in [2.45, 2.75) is 10.3 Å². The van der Waals surface area contributed by atoms with Crippen molar-refractivity contribution in [1.82, 2.24) is 34.5 Å². The maximum atomic E-state index is 11.3. The van der Waals surface area contributed by atoms with Crippen molar-refractivity contribution in [3.8, 4) is 5.95 Å². The molecule has 0 saturated carbocycles. The fourth-order valence-electron chi connectivity index (χ4n) is 1.49. The van der Waals surface area contributed by atoms with Gasteiger partial charge in [-0.25, -0.2) is 9.97 Å². The van der Waals surface area contributed by atoms with Crippen LogP contribution in [-0.2, 0) is 0 Å². The summed E-state index contributed by atoms with van der Waals surface area (Å²) in [7, 11) is 1.71. The molecule has 0 fully saturated rings. The van der Waals surface area contributed by atoms with Gasteiger partial charge in [0.15, 0.2) is 5.16 Å². The molecule has 0 aliphatic carbocycles. The summed E-state index contributed by atoms with van der Waals surface area (Å²) in [6, 6.07) is 1.34. The second kappa shape index (κ2) is 5.71. The molecule has 3 aromatic rings. The van der Waals surface area contributed by atoms with E-state index in [1.807, 2.05) is 0 Å². The van der Waals surface area contributed by atoms with E-state index in [9.17, 15) is 4.79 Å². The zero-order valence-electron chi connectivity index (χ0n) is 10.9. The van der Waals surface area contributed by atoms with Crippen molar-refractivity contribution >= 4 is 17.7 Å². The monoisotopic (exact) mass is 302 g/mol. The van der Waals surface area contributed by atoms with Gasteiger partial charge < -0.3 is 10.3 Å². The number of aromatic nitrogens is 7. The first-order chi connectivity index (χ1) is 10.2. The lowest BCUT2D eigenvalue weighted by Gasteiger charge is -2.06. The molecular weight excluding hydrogens is 292 g/mol. The van der Waals surface area contributed by atoms with E-state index in [-0.39, 0.29) is 5.56 Å². The average molecular weight is 302 g/mol.